The van der Waals surface area contributed by atoms with Crippen molar-refractivity contribution in [1.29, 1.82) is 0 Å². The molecule has 0 radical (unpaired) electrons. The Labute approximate surface area is 102 Å². The summed E-state index contributed by atoms with van der Waals surface area (Å²) in [6.07, 6.45) is 1.74. The molecule has 0 aliphatic rings. The van der Waals surface area contributed by atoms with Gasteiger partial charge in [0.05, 0.1) is 6.61 Å². The fourth-order valence-corrected chi connectivity index (χ4v) is 2.07. The van der Waals surface area contributed by atoms with Crippen LogP contribution in [0.2, 0.25) is 0 Å². The molecule has 90 valence electrons. The molecule has 0 aliphatic heterocycles. The molecule has 0 spiro atoms. The van der Waals surface area contributed by atoms with E-state index < -0.39 is 0 Å². The number of ether oxygens (including phenoxy) is 1. The molecular weight excluding hydrogens is 220 g/mol. The topological polar surface area (TPSA) is 29.5 Å². The number of benzene rings is 1. The molecule has 0 atom stereocenters. The zero-order valence-electron chi connectivity index (χ0n) is 9.82. The van der Waals surface area contributed by atoms with E-state index in [0.717, 1.165) is 30.1 Å². The molecule has 0 heterocycles. The Balaban J connectivity index is 2.34. The molecule has 0 aliphatic carbocycles. The maximum absolute atomic E-state index is 8.93. The van der Waals surface area contributed by atoms with Crippen LogP contribution in [0.3, 0.4) is 0 Å². The van der Waals surface area contributed by atoms with Crippen LogP contribution < -0.4 is 4.74 Å². The van der Waals surface area contributed by atoms with E-state index in [-0.39, 0.29) is 6.61 Å². The van der Waals surface area contributed by atoms with E-state index in [4.69, 9.17) is 9.84 Å². The van der Waals surface area contributed by atoms with Gasteiger partial charge in [-0.15, -0.1) is 0 Å². The fourth-order valence-electron chi connectivity index (χ4n) is 1.46. The van der Waals surface area contributed by atoms with Crippen LogP contribution in [0.1, 0.15) is 18.9 Å². The number of hydrogen-bond donors (Lipinski definition) is 1. The highest BCUT2D eigenvalue weighted by Crippen LogP contribution is 2.18. The largest absolute Gasteiger partial charge is 0.493 e. The van der Waals surface area contributed by atoms with E-state index in [1.54, 1.807) is 0 Å². The lowest BCUT2D eigenvalue weighted by Crippen LogP contribution is -2.02. The summed E-state index contributed by atoms with van der Waals surface area (Å²) in [7, 11) is 0. The number of thioether (sulfide) groups is 1. The van der Waals surface area contributed by atoms with E-state index in [1.165, 1.54) is 5.75 Å². The lowest BCUT2D eigenvalue weighted by atomic mass is 10.1. The molecule has 16 heavy (non-hydrogen) atoms. The van der Waals surface area contributed by atoms with E-state index in [0.29, 0.717) is 6.42 Å². The minimum absolute atomic E-state index is 0.173. The number of rotatable bonds is 8. The molecule has 2 nitrogen and oxygen atoms in total. The van der Waals surface area contributed by atoms with E-state index in [1.807, 2.05) is 36.0 Å². The van der Waals surface area contributed by atoms with Crippen molar-refractivity contribution in [3.63, 3.8) is 0 Å². The Morgan fingerprint density at radius 3 is 2.88 bits per heavy atom. The Morgan fingerprint density at radius 2 is 2.12 bits per heavy atom. The maximum atomic E-state index is 8.93. The normalized spacial score (nSPS) is 10.4. The molecule has 0 bridgehead atoms. The Morgan fingerprint density at radius 1 is 1.31 bits per heavy atom. The zero-order chi connectivity index (χ0) is 11.6. The van der Waals surface area contributed by atoms with Crippen molar-refractivity contribution in [1.82, 2.24) is 0 Å². The van der Waals surface area contributed by atoms with Crippen molar-refractivity contribution in [2.24, 2.45) is 0 Å². The van der Waals surface area contributed by atoms with Crippen LogP contribution in [0.4, 0.5) is 0 Å². The fraction of sp³-hybridized carbons (Fsp3) is 0.538. The molecule has 1 aromatic carbocycles. The van der Waals surface area contributed by atoms with Crippen molar-refractivity contribution >= 4 is 11.8 Å². The van der Waals surface area contributed by atoms with Crippen molar-refractivity contribution in [3.05, 3.63) is 29.8 Å². The van der Waals surface area contributed by atoms with Crippen LogP contribution in [0.25, 0.3) is 0 Å². The maximum Gasteiger partial charge on any atom is 0.122 e. The van der Waals surface area contributed by atoms with Gasteiger partial charge >= 0.3 is 0 Å². The molecule has 1 rings (SSSR count). The molecule has 0 saturated carbocycles. The van der Waals surface area contributed by atoms with Gasteiger partial charge < -0.3 is 9.84 Å². The second-order valence-electron chi connectivity index (χ2n) is 3.48. The summed E-state index contributed by atoms with van der Waals surface area (Å²) in [5.41, 5.74) is 1.09. The first-order chi connectivity index (χ1) is 7.88. The molecule has 0 saturated heterocycles. The molecule has 1 N–H and O–H groups in total. The molecule has 0 fully saturated rings. The van der Waals surface area contributed by atoms with Crippen molar-refractivity contribution in [3.8, 4) is 5.75 Å². The lowest BCUT2D eigenvalue weighted by Gasteiger charge is -2.10. The summed E-state index contributed by atoms with van der Waals surface area (Å²) in [6.45, 7) is 3.10. The van der Waals surface area contributed by atoms with Crippen molar-refractivity contribution in [2.45, 2.75) is 19.8 Å². The number of aliphatic hydroxyl groups is 1. The standard InChI is InChI=1S/C13H20O2S/c1-2-16-11-5-10-15-13-7-4-3-6-12(13)8-9-14/h3-4,6-7,14H,2,5,8-11H2,1H3. The molecule has 1 aromatic rings. The first-order valence-corrected chi connectivity index (χ1v) is 6.93. The average Bonchev–Trinajstić information content (AvgIpc) is 2.31. The smallest absolute Gasteiger partial charge is 0.122 e. The van der Waals surface area contributed by atoms with Gasteiger partial charge in [0.1, 0.15) is 5.75 Å². The van der Waals surface area contributed by atoms with Gasteiger partial charge in [0.2, 0.25) is 0 Å². The van der Waals surface area contributed by atoms with Crippen molar-refractivity contribution < 1.29 is 9.84 Å². The summed E-state index contributed by atoms with van der Waals surface area (Å²) in [5, 5.41) is 8.93. The predicted octanol–water partition coefficient (Wildman–Crippen LogP) is 2.74. The number of aliphatic hydroxyl groups excluding tert-OH is 1. The van der Waals surface area contributed by atoms with Crippen LogP contribution in [0.5, 0.6) is 5.75 Å². The molecule has 3 heteroatoms. The summed E-state index contributed by atoms with van der Waals surface area (Å²) < 4.78 is 5.71. The van der Waals surface area contributed by atoms with Crippen LogP contribution in [0, 0.1) is 0 Å². The first-order valence-electron chi connectivity index (χ1n) is 5.77. The summed E-state index contributed by atoms with van der Waals surface area (Å²) in [4.78, 5) is 0. The van der Waals surface area contributed by atoms with Gasteiger partial charge in [-0.05, 0) is 36.0 Å². The van der Waals surface area contributed by atoms with Crippen LogP contribution in [-0.4, -0.2) is 29.8 Å². The summed E-state index contributed by atoms with van der Waals surface area (Å²) in [6, 6.07) is 7.92. The predicted molar refractivity (Wildman–Crippen MR) is 70.3 cm³/mol. The quantitative estimate of drug-likeness (QED) is 0.709. The van der Waals surface area contributed by atoms with E-state index in [2.05, 4.69) is 6.92 Å². The number of para-hydroxylation sites is 1. The minimum atomic E-state index is 0.173. The third-order valence-electron chi connectivity index (χ3n) is 2.25. The third-order valence-corrected chi connectivity index (χ3v) is 3.23. The highest BCUT2D eigenvalue weighted by Gasteiger charge is 2.01. The van der Waals surface area contributed by atoms with Crippen LogP contribution in [-0.2, 0) is 6.42 Å². The Hall–Kier alpha value is -0.670. The molecule has 0 aromatic heterocycles. The summed E-state index contributed by atoms with van der Waals surface area (Å²) >= 11 is 1.94. The van der Waals surface area contributed by atoms with Gasteiger partial charge in [0.15, 0.2) is 0 Å². The van der Waals surface area contributed by atoms with Gasteiger partial charge in [0.25, 0.3) is 0 Å². The van der Waals surface area contributed by atoms with Gasteiger partial charge in [0, 0.05) is 6.61 Å². The van der Waals surface area contributed by atoms with E-state index in [9.17, 15) is 0 Å². The average molecular weight is 240 g/mol. The van der Waals surface area contributed by atoms with Gasteiger partial charge in [-0.2, -0.15) is 11.8 Å². The first kappa shape index (κ1) is 13.4. The SMILES string of the molecule is CCSCCCOc1ccccc1CCO. The monoisotopic (exact) mass is 240 g/mol. The highest BCUT2D eigenvalue weighted by atomic mass is 32.2. The van der Waals surface area contributed by atoms with Crippen LogP contribution >= 0.6 is 11.8 Å². The second-order valence-corrected chi connectivity index (χ2v) is 4.87. The second kappa shape index (κ2) is 8.48. The highest BCUT2D eigenvalue weighted by molar-refractivity contribution is 7.99. The third kappa shape index (κ3) is 4.90. The minimum Gasteiger partial charge on any atom is -0.493 e. The summed E-state index contributed by atoms with van der Waals surface area (Å²) in [5.74, 6) is 3.23. The van der Waals surface area contributed by atoms with Gasteiger partial charge in [-0.1, -0.05) is 25.1 Å². The molecular formula is C13H20O2S. The molecule has 0 amide bonds. The zero-order valence-corrected chi connectivity index (χ0v) is 10.6. The Bertz CT molecular complexity index is 289. The van der Waals surface area contributed by atoms with Crippen molar-refractivity contribution in [2.75, 3.05) is 24.7 Å². The number of hydrogen-bond acceptors (Lipinski definition) is 3. The van der Waals surface area contributed by atoms with Gasteiger partial charge in [-0.25, -0.2) is 0 Å². The lowest BCUT2D eigenvalue weighted by molar-refractivity contribution is 0.288. The van der Waals surface area contributed by atoms with Gasteiger partial charge in [-0.3, -0.25) is 0 Å². The molecule has 0 unspecified atom stereocenters. The van der Waals surface area contributed by atoms with Crippen LogP contribution in [0.15, 0.2) is 24.3 Å². The Kier molecular flexibility index (Phi) is 7.10. The van der Waals surface area contributed by atoms with E-state index >= 15 is 0 Å².